The number of rotatable bonds is 4. The fourth-order valence-corrected chi connectivity index (χ4v) is 2.09. The number of benzene rings is 2. The number of nitro groups is 1. The fourth-order valence-electron chi connectivity index (χ4n) is 1.77. The summed E-state index contributed by atoms with van der Waals surface area (Å²) in [5, 5.41) is 23.5. The largest absolute Gasteiger partial charge is 0.506 e. The van der Waals surface area contributed by atoms with Crippen molar-refractivity contribution in [1.29, 1.82) is 0 Å². The molecule has 0 bridgehead atoms. The van der Waals surface area contributed by atoms with Gasteiger partial charge >= 0.3 is 0 Å². The molecule has 0 spiro atoms. The van der Waals surface area contributed by atoms with E-state index in [1.165, 1.54) is 0 Å². The summed E-state index contributed by atoms with van der Waals surface area (Å²) in [6.45, 7) is 0. The molecule has 8 heteroatoms. The predicted octanol–water partition coefficient (Wildman–Crippen LogP) is 3.79. The van der Waals surface area contributed by atoms with Gasteiger partial charge in [-0.3, -0.25) is 14.9 Å². The van der Waals surface area contributed by atoms with Crippen molar-refractivity contribution in [3.05, 3.63) is 62.1 Å². The molecule has 0 radical (unpaired) electrons. The molecule has 1 amide bonds. The number of carbonyl (C=O) groups excluding carboxylic acids is 1. The molecule has 0 aliphatic carbocycles. The van der Waals surface area contributed by atoms with E-state index in [0.29, 0.717) is 15.6 Å². The monoisotopic (exact) mass is 340 g/mol. The lowest BCUT2D eigenvalue weighted by atomic mass is 10.1. The number of phenolic OH excluding ortho intramolecular Hbond substituents is 1. The zero-order valence-electron chi connectivity index (χ0n) is 11.0. The van der Waals surface area contributed by atoms with Crippen molar-refractivity contribution in [3.8, 4) is 5.75 Å². The number of anilines is 1. The lowest BCUT2D eigenvalue weighted by Gasteiger charge is -2.08. The molecule has 0 heterocycles. The summed E-state index contributed by atoms with van der Waals surface area (Å²) in [6.07, 6.45) is -0.0149. The summed E-state index contributed by atoms with van der Waals surface area (Å²) in [7, 11) is 0. The van der Waals surface area contributed by atoms with Crippen LogP contribution in [-0.2, 0) is 11.2 Å². The van der Waals surface area contributed by atoms with Crippen LogP contribution in [0, 0.1) is 10.1 Å². The van der Waals surface area contributed by atoms with E-state index in [-0.39, 0.29) is 23.5 Å². The van der Waals surface area contributed by atoms with Crippen LogP contribution in [0.25, 0.3) is 0 Å². The molecule has 0 aliphatic heterocycles. The van der Waals surface area contributed by atoms with Crippen molar-refractivity contribution < 1.29 is 14.8 Å². The number of carbonyl (C=O) groups is 1. The molecule has 114 valence electrons. The second-order valence-electron chi connectivity index (χ2n) is 4.43. The second kappa shape index (κ2) is 6.64. The molecule has 22 heavy (non-hydrogen) atoms. The van der Waals surface area contributed by atoms with Crippen LogP contribution in [0.1, 0.15) is 5.56 Å². The van der Waals surface area contributed by atoms with E-state index in [9.17, 15) is 20.0 Å². The molecule has 6 nitrogen and oxygen atoms in total. The van der Waals surface area contributed by atoms with Crippen LogP contribution in [0.15, 0.2) is 36.4 Å². The van der Waals surface area contributed by atoms with E-state index in [0.717, 1.165) is 18.2 Å². The number of hydrogen-bond donors (Lipinski definition) is 2. The summed E-state index contributed by atoms with van der Waals surface area (Å²) in [5.74, 6) is -0.706. The average Bonchev–Trinajstić information content (AvgIpc) is 2.45. The van der Waals surface area contributed by atoms with E-state index < -0.39 is 10.8 Å². The molecule has 0 fully saturated rings. The summed E-state index contributed by atoms with van der Waals surface area (Å²) >= 11 is 11.6. The molecule has 0 saturated carbocycles. The Labute approximate surface area is 135 Å². The van der Waals surface area contributed by atoms with Crippen LogP contribution in [0.5, 0.6) is 5.75 Å². The van der Waals surface area contributed by atoms with Gasteiger partial charge in [0, 0.05) is 12.1 Å². The Morgan fingerprint density at radius 1 is 1.18 bits per heavy atom. The third-order valence-corrected chi connectivity index (χ3v) is 3.55. The Bertz CT molecular complexity index is 750. The van der Waals surface area contributed by atoms with Crippen molar-refractivity contribution in [3.63, 3.8) is 0 Å². The molecular weight excluding hydrogens is 331 g/mol. The van der Waals surface area contributed by atoms with Crippen LogP contribution in [0.2, 0.25) is 10.0 Å². The topological polar surface area (TPSA) is 92.5 Å². The Morgan fingerprint density at radius 3 is 2.55 bits per heavy atom. The zero-order chi connectivity index (χ0) is 16.3. The second-order valence-corrected chi connectivity index (χ2v) is 5.25. The first-order chi connectivity index (χ1) is 10.4. The van der Waals surface area contributed by atoms with Gasteiger partial charge in [0.25, 0.3) is 5.69 Å². The van der Waals surface area contributed by atoms with Gasteiger partial charge in [0.2, 0.25) is 5.91 Å². The molecule has 0 aromatic heterocycles. The molecule has 2 aromatic rings. The Balaban J connectivity index is 2.13. The maximum Gasteiger partial charge on any atom is 0.271 e. The van der Waals surface area contributed by atoms with Crippen LogP contribution < -0.4 is 5.32 Å². The molecule has 2 aromatic carbocycles. The summed E-state index contributed by atoms with van der Waals surface area (Å²) in [5.41, 5.74) is 0.360. The maximum absolute atomic E-state index is 11.9. The maximum atomic E-state index is 11.9. The minimum absolute atomic E-state index is 0.0149. The normalized spacial score (nSPS) is 10.3. The van der Waals surface area contributed by atoms with Crippen molar-refractivity contribution >= 4 is 40.5 Å². The number of nitro benzene ring substituents is 1. The van der Waals surface area contributed by atoms with Crippen LogP contribution >= 0.6 is 23.2 Å². The molecular formula is C14H10Cl2N2O4. The van der Waals surface area contributed by atoms with Gasteiger partial charge in [-0.05, 0) is 23.8 Å². The first-order valence-corrected chi connectivity index (χ1v) is 6.83. The predicted molar refractivity (Wildman–Crippen MR) is 83.6 cm³/mol. The Hall–Kier alpha value is -2.31. The van der Waals surface area contributed by atoms with E-state index in [2.05, 4.69) is 5.32 Å². The van der Waals surface area contributed by atoms with Gasteiger partial charge in [0.15, 0.2) is 0 Å². The molecule has 2 rings (SSSR count). The highest BCUT2D eigenvalue weighted by molar-refractivity contribution is 6.42. The number of nitrogens with zero attached hydrogens (tertiary/aromatic N) is 1. The van der Waals surface area contributed by atoms with Crippen molar-refractivity contribution in [2.75, 3.05) is 5.32 Å². The Kier molecular flexibility index (Phi) is 4.85. The van der Waals surface area contributed by atoms with E-state index >= 15 is 0 Å². The number of nitrogens with one attached hydrogen (secondary N) is 1. The average molecular weight is 341 g/mol. The minimum Gasteiger partial charge on any atom is -0.506 e. The number of aromatic hydroxyl groups is 1. The van der Waals surface area contributed by atoms with Crippen molar-refractivity contribution in [2.24, 2.45) is 0 Å². The lowest BCUT2D eigenvalue weighted by molar-refractivity contribution is -0.384. The number of amides is 1. The Morgan fingerprint density at radius 2 is 1.91 bits per heavy atom. The highest BCUT2D eigenvalue weighted by atomic mass is 35.5. The first kappa shape index (κ1) is 16.1. The van der Waals surface area contributed by atoms with Gasteiger partial charge in [0.1, 0.15) is 5.75 Å². The summed E-state index contributed by atoms with van der Waals surface area (Å²) in [6, 6.07) is 8.13. The van der Waals surface area contributed by atoms with Crippen molar-refractivity contribution in [2.45, 2.75) is 6.42 Å². The van der Waals surface area contributed by atoms with Gasteiger partial charge in [-0.1, -0.05) is 29.3 Å². The molecule has 0 unspecified atom stereocenters. The van der Waals surface area contributed by atoms with Crippen molar-refractivity contribution in [1.82, 2.24) is 0 Å². The summed E-state index contributed by atoms with van der Waals surface area (Å²) < 4.78 is 0. The summed E-state index contributed by atoms with van der Waals surface area (Å²) in [4.78, 5) is 22.0. The number of non-ortho nitro benzene ring substituents is 1. The van der Waals surface area contributed by atoms with E-state index in [4.69, 9.17) is 23.2 Å². The van der Waals surface area contributed by atoms with Crippen LogP contribution in [0.4, 0.5) is 11.4 Å². The third kappa shape index (κ3) is 3.87. The third-order valence-electron chi connectivity index (χ3n) is 2.81. The first-order valence-electron chi connectivity index (χ1n) is 6.08. The standard InChI is InChI=1S/C14H10Cl2N2O4/c15-10-3-1-8(5-11(10)16)6-14(20)17-12-7-9(18(21)22)2-4-13(12)19/h1-5,7,19H,6H2,(H,17,20). The molecule has 0 aliphatic rings. The number of halogens is 2. The molecule has 0 atom stereocenters. The highest BCUT2D eigenvalue weighted by Crippen LogP contribution is 2.28. The minimum atomic E-state index is -0.617. The zero-order valence-corrected chi connectivity index (χ0v) is 12.6. The SMILES string of the molecule is O=C(Cc1ccc(Cl)c(Cl)c1)Nc1cc([N+](=O)[O-])ccc1O. The van der Waals surface area contributed by atoms with Gasteiger partial charge in [-0.25, -0.2) is 0 Å². The molecule has 0 saturated heterocycles. The van der Waals surface area contributed by atoms with Gasteiger partial charge in [-0.15, -0.1) is 0 Å². The smallest absolute Gasteiger partial charge is 0.271 e. The van der Waals surface area contributed by atoms with Gasteiger partial charge in [0.05, 0.1) is 27.1 Å². The fraction of sp³-hybridized carbons (Fsp3) is 0.0714. The quantitative estimate of drug-likeness (QED) is 0.503. The van der Waals surface area contributed by atoms with Crippen LogP contribution in [-0.4, -0.2) is 15.9 Å². The lowest BCUT2D eigenvalue weighted by Crippen LogP contribution is -2.14. The van der Waals surface area contributed by atoms with Gasteiger partial charge < -0.3 is 10.4 Å². The van der Waals surface area contributed by atoms with Crippen LogP contribution in [0.3, 0.4) is 0 Å². The highest BCUT2D eigenvalue weighted by Gasteiger charge is 2.13. The number of phenols is 1. The van der Waals surface area contributed by atoms with E-state index in [1.807, 2.05) is 0 Å². The molecule has 2 N–H and O–H groups in total. The van der Waals surface area contributed by atoms with E-state index in [1.54, 1.807) is 18.2 Å². The van der Waals surface area contributed by atoms with Gasteiger partial charge in [-0.2, -0.15) is 0 Å². The number of hydrogen-bond acceptors (Lipinski definition) is 4.